The Kier molecular flexibility index (Phi) is 6.24. The van der Waals surface area contributed by atoms with E-state index in [-0.39, 0.29) is 18.6 Å². The van der Waals surface area contributed by atoms with Crippen LogP contribution in [0.2, 0.25) is 0 Å². The third-order valence-electron chi connectivity index (χ3n) is 5.25. The second-order valence-electron chi connectivity index (χ2n) is 7.47. The first kappa shape index (κ1) is 21.3. The number of aryl methyl sites for hydroxylation is 1. The fraction of sp³-hybridized carbons (Fsp3) is 0.318. The van der Waals surface area contributed by atoms with Crippen molar-refractivity contribution in [3.63, 3.8) is 0 Å². The molecular weight excluding hydrogens is 464 g/mol. The molecule has 1 unspecified atom stereocenters. The zero-order valence-corrected chi connectivity index (χ0v) is 18.6. The van der Waals surface area contributed by atoms with Gasteiger partial charge in [-0.15, -0.1) is 0 Å². The number of rotatable bonds is 5. The van der Waals surface area contributed by atoms with Gasteiger partial charge in [0.15, 0.2) is 0 Å². The molecule has 0 radical (unpaired) electrons. The van der Waals surface area contributed by atoms with Crippen LogP contribution in [0.15, 0.2) is 40.9 Å². The summed E-state index contributed by atoms with van der Waals surface area (Å²) in [4.78, 5) is 34.3. The van der Waals surface area contributed by atoms with E-state index >= 15 is 0 Å². The van der Waals surface area contributed by atoms with Gasteiger partial charge < -0.3 is 20.1 Å². The van der Waals surface area contributed by atoms with Gasteiger partial charge in [0, 0.05) is 22.3 Å². The molecule has 1 aliphatic heterocycles. The quantitative estimate of drug-likeness (QED) is 0.507. The number of nitrogens with zero attached hydrogens (tertiary/aromatic N) is 2. The van der Waals surface area contributed by atoms with Gasteiger partial charge in [-0.25, -0.2) is 9.78 Å². The number of anilines is 1. The lowest BCUT2D eigenvalue weighted by Crippen LogP contribution is -2.32. The van der Waals surface area contributed by atoms with Crippen LogP contribution in [0, 0.1) is 6.92 Å². The minimum absolute atomic E-state index is 0.302. The molecule has 1 saturated heterocycles. The van der Waals surface area contributed by atoms with Crippen LogP contribution in [-0.4, -0.2) is 46.8 Å². The van der Waals surface area contributed by atoms with Gasteiger partial charge >= 0.3 is 6.09 Å². The summed E-state index contributed by atoms with van der Waals surface area (Å²) < 4.78 is 6.12. The summed E-state index contributed by atoms with van der Waals surface area (Å²) in [6.07, 6.45) is 1.33. The number of ether oxygens (including phenoxy) is 1. The monoisotopic (exact) mass is 486 g/mol. The minimum Gasteiger partial charge on any atom is -0.449 e. The SMILES string of the molecule is Cc1cc(C(=O)NC(CO)c2nc3ccc(Br)cc3[nH]2)ccc1N1CCCCOC1=O. The second-order valence-corrected chi connectivity index (χ2v) is 8.38. The number of halogens is 1. The first-order valence-corrected chi connectivity index (χ1v) is 10.9. The maximum absolute atomic E-state index is 12.8. The Morgan fingerprint density at radius 3 is 2.94 bits per heavy atom. The normalized spacial score (nSPS) is 15.5. The number of aromatic amines is 1. The molecule has 9 heteroatoms. The number of carbonyl (C=O) groups is 2. The molecule has 1 aliphatic rings. The van der Waals surface area contributed by atoms with E-state index in [9.17, 15) is 14.7 Å². The predicted molar refractivity (Wildman–Crippen MR) is 120 cm³/mol. The number of amides is 2. The molecule has 0 saturated carbocycles. The molecule has 4 rings (SSSR count). The molecule has 162 valence electrons. The van der Waals surface area contributed by atoms with Crippen LogP contribution in [0.1, 0.15) is 40.6 Å². The zero-order chi connectivity index (χ0) is 22.0. The summed E-state index contributed by atoms with van der Waals surface area (Å²) in [7, 11) is 0. The molecule has 2 amide bonds. The molecule has 0 spiro atoms. The highest BCUT2D eigenvalue weighted by Crippen LogP contribution is 2.25. The van der Waals surface area contributed by atoms with Crippen molar-refractivity contribution in [3.8, 4) is 0 Å². The van der Waals surface area contributed by atoms with Crippen molar-refractivity contribution in [2.75, 3.05) is 24.7 Å². The number of fused-ring (bicyclic) bond motifs is 1. The molecule has 3 aromatic rings. The Balaban J connectivity index is 1.52. The third-order valence-corrected chi connectivity index (χ3v) is 5.75. The van der Waals surface area contributed by atoms with Gasteiger partial charge in [0.25, 0.3) is 5.91 Å². The van der Waals surface area contributed by atoms with Crippen molar-refractivity contribution in [2.45, 2.75) is 25.8 Å². The highest BCUT2D eigenvalue weighted by Gasteiger charge is 2.23. The van der Waals surface area contributed by atoms with E-state index in [1.807, 2.05) is 25.1 Å². The highest BCUT2D eigenvalue weighted by atomic mass is 79.9. The zero-order valence-electron chi connectivity index (χ0n) is 17.0. The maximum atomic E-state index is 12.8. The minimum atomic E-state index is -0.681. The largest absolute Gasteiger partial charge is 0.449 e. The number of imidazole rings is 1. The molecule has 3 N–H and O–H groups in total. The second kappa shape index (κ2) is 9.07. The summed E-state index contributed by atoms with van der Waals surface area (Å²) >= 11 is 3.42. The van der Waals surface area contributed by atoms with E-state index in [4.69, 9.17) is 4.74 Å². The van der Waals surface area contributed by atoms with Crippen LogP contribution >= 0.6 is 15.9 Å². The number of hydrogen-bond acceptors (Lipinski definition) is 5. The summed E-state index contributed by atoms with van der Waals surface area (Å²) in [5.74, 6) is 0.137. The summed E-state index contributed by atoms with van der Waals surface area (Å²) in [6.45, 7) is 2.56. The summed E-state index contributed by atoms with van der Waals surface area (Å²) in [5, 5.41) is 12.7. The first-order chi connectivity index (χ1) is 15.0. The van der Waals surface area contributed by atoms with Crippen LogP contribution in [0.25, 0.3) is 11.0 Å². The van der Waals surface area contributed by atoms with Crippen molar-refractivity contribution in [2.24, 2.45) is 0 Å². The van der Waals surface area contributed by atoms with Crippen LogP contribution < -0.4 is 10.2 Å². The van der Waals surface area contributed by atoms with Gasteiger partial charge in [-0.3, -0.25) is 9.69 Å². The molecule has 2 heterocycles. The Morgan fingerprint density at radius 2 is 2.16 bits per heavy atom. The lowest BCUT2D eigenvalue weighted by Gasteiger charge is -2.22. The number of cyclic esters (lactones) is 1. The van der Waals surface area contributed by atoms with Gasteiger partial charge in [-0.05, 0) is 61.7 Å². The number of benzene rings is 2. The Labute approximate surface area is 187 Å². The van der Waals surface area contributed by atoms with Gasteiger partial charge in [-0.1, -0.05) is 15.9 Å². The van der Waals surface area contributed by atoms with Gasteiger partial charge in [-0.2, -0.15) is 0 Å². The molecule has 1 aromatic heterocycles. The van der Waals surface area contributed by atoms with Crippen molar-refractivity contribution in [3.05, 3.63) is 57.8 Å². The number of nitrogens with one attached hydrogen (secondary N) is 2. The smallest absolute Gasteiger partial charge is 0.414 e. The number of aliphatic hydroxyl groups is 1. The van der Waals surface area contributed by atoms with E-state index in [1.54, 1.807) is 23.1 Å². The lowest BCUT2D eigenvalue weighted by molar-refractivity contribution is 0.0913. The highest BCUT2D eigenvalue weighted by molar-refractivity contribution is 9.10. The van der Waals surface area contributed by atoms with E-state index < -0.39 is 6.04 Å². The fourth-order valence-electron chi connectivity index (χ4n) is 3.63. The lowest BCUT2D eigenvalue weighted by atomic mass is 10.1. The van der Waals surface area contributed by atoms with Crippen LogP contribution in [-0.2, 0) is 4.74 Å². The topological polar surface area (TPSA) is 108 Å². The van der Waals surface area contributed by atoms with Gasteiger partial charge in [0.2, 0.25) is 0 Å². The van der Waals surface area contributed by atoms with Crippen molar-refractivity contribution < 1.29 is 19.4 Å². The first-order valence-electron chi connectivity index (χ1n) is 10.1. The summed E-state index contributed by atoms with van der Waals surface area (Å²) in [6, 6.07) is 10.1. The fourth-order valence-corrected chi connectivity index (χ4v) is 3.99. The third kappa shape index (κ3) is 4.57. The van der Waals surface area contributed by atoms with Gasteiger partial charge in [0.1, 0.15) is 11.9 Å². The number of H-pyrrole nitrogens is 1. The van der Waals surface area contributed by atoms with Crippen molar-refractivity contribution in [1.82, 2.24) is 15.3 Å². The predicted octanol–water partition coefficient (Wildman–Crippen LogP) is 3.83. The molecule has 0 bridgehead atoms. The van der Waals surface area contributed by atoms with E-state index in [0.29, 0.717) is 24.5 Å². The van der Waals surface area contributed by atoms with E-state index in [2.05, 4.69) is 31.2 Å². The Morgan fingerprint density at radius 1 is 1.32 bits per heavy atom. The summed E-state index contributed by atoms with van der Waals surface area (Å²) in [5.41, 5.74) is 3.50. The molecule has 2 aromatic carbocycles. The van der Waals surface area contributed by atoms with Crippen LogP contribution in [0.3, 0.4) is 0 Å². The van der Waals surface area contributed by atoms with E-state index in [0.717, 1.165) is 39.6 Å². The van der Waals surface area contributed by atoms with Crippen molar-refractivity contribution in [1.29, 1.82) is 0 Å². The molecular formula is C22H23BrN4O4. The standard InChI is InChI=1S/C22H23BrN4O4/c1-13-10-14(4-7-19(13)27-8-2-3-9-31-22(27)30)21(29)26-18(12-28)20-24-16-6-5-15(23)11-17(16)25-20/h4-7,10-11,18,28H,2-3,8-9,12H2,1H3,(H,24,25)(H,26,29). The van der Waals surface area contributed by atoms with Crippen LogP contribution in [0.5, 0.6) is 0 Å². The molecule has 31 heavy (non-hydrogen) atoms. The van der Waals surface area contributed by atoms with E-state index in [1.165, 1.54) is 0 Å². The van der Waals surface area contributed by atoms with Crippen molar-refractivity contribution >= 4 is 44.7 Å². The maximum Gasteiger partial charge on any atom is 0.414 e. The van der Waals surface area contributed by atoms with Gasteiger partial charge in [0.05, 0.1) is 24.2 Å². The molecule has 0 aliphatic carbocycles. The van der Waals surface area contributed by atoms with Crippen LogP contribution in [0.4, 0.5) is 10.5 Å². The number of aliphatic hydroxyl groups excluding tert-OH is 1. The number of carbonyl (C=O) groups excluding carboxylic acids is 2. The molecule has 8 nitrogen and oxygen atoms in total. The average molecular weight is 487 g/mol. The number of hydrogen-bond donors (Lipinski definition) is 3. The Bertz CT molecular complexity index is 1130. The average Bonchev–Trinajstić information content (AvgIpc) is 3.05. The molecule has 1 fully saturated rings. The Hall–Kier alpha value is -2.91. The molecule has 1 atom stereocenters. The number of aromatic nitrogens is 2.